The maximum Gasteiger partial charge on any atom is 0.214 e. The molecule has 5 nitrogen and oxygen atoms in total. The number of sulfonamides is 1. The normalized spacial score (nSPS) is 12.1. The summed E-state index contributed by atoms with van der Waals surface area (Å²) in [5.41, 5.74) is 6.84. The molecule has 1 aromatic rings. The molecule has 0 aliphatic heterocycles. The molecule has 6 heteroatoms. The van der Waals surface area contributed by atoms with E-state index < -0.39 is 10.0 Å². The Bertz CT molecular complexity index is 553. The topological polar surface area (TPSA) is 87.2 Å². The Labute approximate surface area is 115 Å². The van der Waals surface area contributed by atoms with Gasteiger partial charge in [-0.05, 0) is 17.5 Å². The molecular weight excluding hydrogens is 262 g/mol. The number of nitrogens with one attached hydrogen (secondary N) is 1. The van der Waals surface area contributed by atoms with Crippen LogP contribution in [-0.4, -0.2) is 31.4 Å². The van der Waals surface area contributed by atoms with Gasteiger partial charge in [-0.2, -0.15) is 0 Å². The van der Waals surface area contributed by atoms with E-state index in [4.69, 9.17) is 11.1 Å². The molecule has 106 valence electrons. The number of hydrogen-bond acceptors (Lipinski definition) is 3. The van der Waals surface area contributed by atoms with E-state index in [9.17, 15) is 8.42 Å². The van der Waals surface area contributed by atoms with Crippen molar-refractivity contribution in [1.82, 2.24) is 4.31 Å². The number of nitrogens with zero attached hydrogens (tertiary/aromatic N) is 1. The molecule has 0 aliphatic rings. The quantitative estimate of drug-likeness (QED) is 0.611. The van der Waals surface area contributed by atoms with Gasteiger partial charge in [0.1, 0.15) is 5.84 Å². The molecule has 19 heavy (non-hydrogen) atoms. The molecule has 1 aromatic carbocycles. The van der Waals surface area contributed by atoms with Crippen LogP contribution in [0.2, 0.25) is 0 Å². The van der Waals surface area contributed by atoms with Gasteiger partial charge in [0, 0.05) is 19.2 Å². The lowest BCUT2D eigenvalue weighted by Crippen LogP contribution is -2.30. The van der Waals surface area contributed by atoms with Crippen LogP contribution >= 0.6 is 0 Å². The van der Waals surface area contributed by atoms with Crippen LogP contribution in [0.3, 0.4) is 0 Å². The first kappa shape index (κ1) is 15.7. The molecule has 0 amide bonds. The van der Waals surface area contributed by atoms with E-state index in [0.717, 1.165) is 5.56 Å². The zero-order valence-corrected chi connectivity index (χ0v) is 12.4. The Morgan fingerprint density at radius 2 is 2.05 bits per heavy atom. The fourth-order valence-electron chi connectivity index (χ4n) is 1.74. The zero-order chi connectivity index (χ0) is 14.6. The number of nitrogen functional groups attached to an aromatic ring is 1. The van der Waals surface area contributed by atoms with E-state index in [1.54, 1.807) is 25.2 Å². The van der Waals surface area contributed by atoms with Crippen LogP contribution in [0.5, 0.6) is 0 Å². The molecule has 0 radical (unpaired) electrons. The third-order valence-corrected chi connectivity index (χ3v) is 4.83. The van der Waals surface area contributed by atoms with Gasteiger partial charge in [0.2, 0.25) is 10.0 Å². The van der Waals surface area contributed by atoms with Crippen LogP contribution in [0, 0.1) is 11.3 Å². The maximum atomic E-state index is 12.0. The third kappa shape index (κ3) is 4.65. The number of hydrogen-bond donors (Lipinski definition) is 2. The highest BCUT2D eigenvalue weighted by molar-refractivity contribution is 7.89. The smallest absolute Gasteiger partial charge is 0.214 e. The highest BCUT2D eigenvalue weighted by Crippen LogP contribution is 2.12. The Kier molecular flexibility index (Phi) is 5.08. The predicted molar refractivity (Wildman–Crippen MR) is 77.5 cm³/mol. The molecule has 0 aromatic heterocycles. The number of nitrogens with two attached hydrogens (primary N) is 1. The van der Waals surface area contributed by atoms with Crippen molar-refractivity contribution in [2.24, 2.45) is 11.7 Å². The minimum Gasteiger partial charge on any atom is -0.384 e. The summed E-state index contributed by atoms with van der Waals surface area (Å²) in [5.74, 6) is 0.209. The highest BCUT2D eigenvalue weighted by Gasteiger charge is 2.19. The molecule has 0 saturated carbocycles. The predicted octanol–water partition coefficient (Wildman–Crippen LogP) is 1.39. The summed E-state index contributed by atoms with van der Waals surface area (Å²) in [6, 6.07) is 7.07. The van der Waals surface area contributed by atoms with Crippen molar-refractivity contribution in [3.63, 3.8) is 0 Å². The van der Waals surface area contributed by atoms with Crippen molar-refractivity contribution < 1.29 is 8.42 Å². The SMILES string of the molecule is CC(C)CS(=O)(=O)N(C)Cc1cccc(C(=N)N)c1. The van der Waals surface area contributed by atoms with Crippen LogP contribution in [0.25, 0.3) is 0 Å². The van der Waals surface area contributed by atoms with Crippen molar-refractivity contribution >= 4 is 15.9 Å². The lowest BCUT2D eigenvalue weighted by Gasteiger charge is -2.18. The van der Waals surface area contributed by atoms with Gasteiger partial charge < -0.3 is 5.73 Å². The summed E-state index contributed by atoms with van der Waals surface area (Å²) in [6.45, 7) is 4.04. The summed E-state index contributed by atoms with van der Waals surface area (Å²) in [6.07, 6.45) is 0. The van der Waals surface area contributed by atoms with Crippen LogP contribution in [0.1, 0.15) is 25.0 Å². The molecule has 0 saturated heterocycles. The van der Waals surface area contributed by atoms with Gasteiger partial charge in [-0.3, -0.25) is 5.41 Å². The lowest BCUT2D eigenvalue weighted by atomic mass is 10.1. The average Bonchev–Trinajstić information content (AvgIpc) is 2.27. The van der Waals surface area contributed by atoms with Crippen LogP contribution in [-0.2, 0) is 16.6 Å². The van der Waals surface area contributed by atoms with Gasteiger partial charge >= 0.3 is 0 Å². The van der Waals surface area contributed by atoms with Crippen LogP contribution < -0.4 is 5.73 Å². The summed E-state index contributed by atoms with van der Waals surface area (Å²) >= 11 is 0. The zero-order valence-electron chi connectivity index (χ0n) is 11.6. The fourth-order valence-corrected chi connectivity index (χ4v) is 3.18. The molecule has 0 unspecified atom stereocenters. The van der Waals surface area contributed by atoms with Crippen molar-refractivity contribution in [2.75, 3.05) is 12.8 Å². The first-order valence-corrected chi connectivity index (χ1v) is 7.70. The molecule has 1 rings (SSSR count). The minimum atomic E-state index is -3.24. The van der Waals surface area contributed by atoms with Crippen molar-refractivity contribution in [3.8, 4) is 0 Å². The molecule has 0 spiro atoms. The van der Waals surface area contributed by atoms with Gasteiger partial charge in [-0.25, -0.2) is 12.7 Å². The van der Waals surface area contributed by atoms with E-state index >= 15 is 0 Å². The maximum absolute atomic E-state index is 12.0. The monoisotopic (exact) mass is 283 g/mol. The standard InChI is InChI=1S/C13H21N3O2S/c1-10(2)9-19(17,18)16(3)8-11-5-4-6-12(7-11)13(14)15/h4-7,10H,8-9H2,1-3H3,(H3,14,15). The third-order valence-electron chi connectivity index (χ3n) is 2.66. The van der Waals surface area contributed by atoms with Gasteiger partial charge in [-0.1, -0.05) is 32.0 Å². The van der Waals surface area contributed by atoms with Crippen LogP contribution in [0.4, 0.5) is 0 Å². The summed E-state index contributed by atoms with van der Waals surface area (Å²) in [5, 5.41) is 7.38. The fraction of sp³-hybridized carbons (Fsp3) is 0.462. The minimum absolute atomic E-state index is 0.0189. The van der Waals surface area contributed by atoms with Gasteiger partial charge in [0.05, 0.1) is 5.75 Å². The van der Waals surface area contributed by atoms with Crippen LogP contribution in [0.15, 0.2) is 24.3 Å². The second kappa shape index (κ2) is 6.16. The summed E-state index contributed by atoms with van der Waals surface area (Å²) in [4.78, 5) is 0. The second-order valence-corrected chi connectivity index (χ2v) is 7.16. The lowest BCUT2D eigenvalue weighted by molar-refractivity contribution is 0.460. The van der Waals surface area contributed by atoms with E-state index in [0.29, 0.717) is 5.56 Å². The van der Waals surface area contributed by atoms with E-state index in [1.807, 2.05) is 19.9 Å². The van der Waals surface area contributed by atoms with E-state index in [-0.39, 0.29) is 24.1 Å². The number of benzene rings is 1. The van der Waals surface area contributed by atoms with Gasteiger partial charge in [0.25, 0.3) is 0 Å². The molecule has 0 fully saturated rings. The number of rotatable bonds is 6. The molecule has 0 atom stereocenters. The van der Waals surface area contributed by atoms with Crippen molar-refractivity contribution in [1.29, 1.82) is 5.41 Å². The van der Waals surface area contributed by atoms with Gasteiger partial charge in [0.15, 0.2) is 0 Å². The second-order valence-electron chi connectivity index (χ2n) is 5.04. The number of amidine groups is 1. The Hall–Kier alpha value is -1.40. The summed E-state index contributed by atoms with van der Waals surface area (Å²) in [7, 11) is -1.67. The molecule has 0 aliphatic carbocycles. The Morgan fingerprint density at radius 1 is 1.42 bits per heavy atom. The first-order valence-electron chi connectivity index (χ1n) is 6.09. The van der Waals surface area contributed by atoms with Crippen molar-refractivity contribution in [2.45, 2.75) is 20.4 Å². The largest absolute Gasteiger partial charge is 0.384 e. The van der Waals surface area contributed by atoms with Gasteiger partial charge in [-0.15, -0.1) is 0 Å². The Morgan fingerprint density at radius 3 is 2.58 bits per heavy atom. The Balaban J connectivity index is 2.85. The molecular formula is C13H21N3O2S. The highest BCUT2D eigenvalue weighted by atomic mass is 32.2. The molecule has 0 heterocycles. The first-order chi connectivity index (χ1) is 8.72. The van der Waals surface area contributed by atoms with E-state index in [2.05, 4.69) is 0 Å². The average molecular weight is 283 g/mol. The van der Waals surface area contributed by atoms with Crippen molar-refractivity contribution in [3.05, 3.63) is 35.4 Å². The molecule has 0 bridgehead atoms. The molecule has 3 N–H and O–H groups in total. The summed E-state index contributed by atoms with van der Waals surface area (Å²) < 4.78 is 25.4. The van der Waals surface area contributed by atoms with E-state index in [1.165, 1.54) is 4.31 Å².